The number of rotatable bonds is 5. The van der Waals surface area contributed by atoms with E-state index in [4.69, 9.17) is 0 Å². The van der Waals surface area contributed by atoms with Gasteiger partial charge in [0, 0.05) is 40.2 Å². The molecule has 0 bridgehead atoms. The number of piperidine rings is 1. The molecule has 0 aromatic heterocycles. The Labute approximate surface area is 155 Å². The maximum Gasteiger partial charge on any atom is 0.243 e. The lowest BCUT2D eigenvalue weighted by molar-refractivity contribution is -0.132. The second-order valence-electron chi connectivity index (χ2n) is 6.88. The van der Waals surface area contributed by atoms with Crippen molar-refractivity contribution in [1.29, 1.82) is 0 Å². The molecule has 1 saturated heterocycles. The molecule has 2 atom stereocenters. The molecule has 1 aromatic rings. The van der Waals surface area contributed by atoms with Crippen molar-refractivity contribution in [1.82, 2.24) is 20.4 Å². The zero-order valence-electron chi connectivity index (χ0n) is 16.0. The molecule has 7 heteroatoms. The summed E-state index contributed by atoms with van der Waals surface area (Å²) in [6.45, 7) is 2.75. The Morgan fingerprint density at radius 3 is 2.65 bits per heavy atom. The van der Waals surface area contributed by atoms with E-state index in [2.05, 4.69) is 22.5 Å². The van der Waals surface area contributed by atoms with Gasteiger partial charge >= 0.3 is 0 Å². The van der Waals surface area contributed by atoms with Crippen LogP contribution < -0.4 is 10.6 Å². The standard InChI is InChI=1S/C19H29N5O2/c1-14(15-8-6-5-7-9-15)21-19(20-12-18(26)23(2)3)22-16-10-11-17(25)24(4)13-16/h5-9,14,16H,10-13H2,1-4H3,(H2,20,21,22). The van der Waals surface area contributed by atoms with Crippen molar-refractivity contribution in [2.24, 2.45) is 4.99 Å². The van der Waals surface area contributed by atoms with E-state index in [1.807, 2.05) is 37.4 Å². The Hall–Kier alpha value is -2.57. The molecule has 2 N–H and O–H groups in total. The average Bonchev–Trinajstić information content (AvgIpc) is 2.63. The van der Waals surface area contributed by atoms with E-state index in [9.17, 15) is 9.59 Å². The van der Waals surface area contributed by atoms with Crippen molar-refractivity contribution in [3.63, 3.8) is 0 Å². The highest BCUT2D eigenvalue weighted by molar-refractivity contribution is 5.85. The van der Waals surface area contributed by atoms with Crippen LogP contribution in [0.2, 0.25) is 0 Å². The Balaban J connectivity index is 2.07. The second kappa shape index (κ2) is 9.22. The number of carbonyl (C=O) groups is 2. The third-order valence-corrected chi connectivity index (χ3v) is 4.49. The molecule has 1 heterocycles. The minimum absolute atomic E-state index is 0.0415. The first-order valence-electron chi connectivity index (χ1n) is 8.93. The van der Waals surface area contributed by atoms with E-state index in [1.54, 1.807) is 19.0 Å². The molecule has 0 aliphatic carbocycles. The number of likely N-dealkylation sites (N-methyl/N-ethyl adjacent to an activating group) is 2. The maximum atomic E-state index is 11.9. The van der Waals surface area contributed by atoms with Crippen LogP contribution in [-0.4, -0.2) is 67.8 Å². The highest BCUT2D eigenvalue weighted by Gasteiger charge is 2.24. The lowest BCUT2D eigenvalue weighted by atomic mass is 10.1. The van der Waals surface area contributed by atoms with Gasteiger partial charge in [-0.25, -0.2) is 4.99 Å². The Kier molecular flexibility index (Phi) is 7.00. The number of nitrogens with one attached hydrogen (secondary N) is 2. The fourth-order valence-corrected chi connectivity index (χ4v) is 2.77. The quantitative estimate of drug-likeness (QED) is 0.607. The lowest BCUT2D eigenvalue weighted by Crippen LogP contribution is -2.52. The van der Waals surface area contributed by atoms with Gasteiger partial charge in [-0.2, -0.15) is 0 Å². The number of nitrogens with zero attached hydrogens (tertiary/aromatic N) is 3. The number of hydrogen-bond donors (Lipinski definition) is 2. The summed E-state index contributed by atoms with van der Waals surface area (Å²) < 4.78 is 0. The second-order valence-corrected chi connectivity index (χ2v) is 6.88. The van der Waals surface area contributed by atoms with E-state index >= 15 is 0 Å². The molecule has 0 radical (unpaired) electrons. The molecule has 1 fully saturated rings. The molecule has 1 aliphatic rings. The van der Waals surface area contributed by atoms with Crippen molar-refractivity contribution >= 4 is 17.8 Å². The third-order valence-electron chi connectivity index (χ3n) is 4.49. The minimum atomic E-state index is -0.0607. The van der Waals surface area contributed by atoms with Gasteiger partial charge in [0.1, 0.15) is 6.54 Å². The van der Waals surface area contributed by atoms with Gasteiger partial charge in [-0.05, 0) is 18.9 Å². The van der Waals surface area contributed by atoms with Gasteiger partial charge in [0.15, 0.2) is 5.96 Å². The Bertz CT molecular complexity index is 645. The molecule has 1 aliphatic heterocycles. The maximum absolute atomic E-state index is 11.9. The summed E-state index contributed by atoms with van der Waals surface area (Å²) in [5, 5.41) is 6.74. The average molecular weight is 359 g/mol. The van der Waals surface area contributed by atoms with Crippen LogP contribution in [0.25, 0.3) is 0 Å². The highest BCUT2D eigenvalue weighted by atomic mass is 16.2. The van der Waals surface area contributed by atoms with Gasteiger partial charge in [-0.3, -0.25) is 9.59 Å². The van der Waals surface area contributed by atoms with Gasteiger partial charge in [0.05, 0.1) is 6.04 Å². The monoisotopic (exact) mass is 359 g/mol. The SMILES string of the molecule is CC(NC(=NCC(=O)N(C)C)NC1CCC(=O)N(C)C1)c1ccccc1. The summed E-state index contributed by atoms with van der Waals surface area (Å²) in [7, 11) is 5.24. The summed E-state index contributed by atoms with van der Waals surface area (Å²) in [5.41, 5.74) is 1.14. The van der Waals surface area contributed by atoms with Crippen LogP contribution in [0.5, 0.6) is 0 Å². The molecule has 2 unspecified atom stereocenters. The van der Waals surface area contributed by atoms with Crippen LogP contribution in [0, 0.1) is 0 Å². The fraction of sp³-hybridized carbons (Fsp3) is 0.526. The molecule has 1 aromatic carbocycles. The van der Waals surface area contributed by atoms with Crippen molar-refractivity contribution in [3.8, 4) is 0 Å². The van der Waals surface area contributed by atoms with E-state index < -0.39 is 0 Å². The van der Waals surface area contributed by atoms with Crippen LogP contribution in [0.1, 0.15) is 31.4 Å². The largest absolute Gasteiger partial charge is 0.352 e. The summed E-state index contributed by atoms with van der Waals surface area (Å²) >= 11 is 0. The summed E-state index contributed by atoms with van der Waals surface area (Å²) in [4.78, 5) is 31.3. The van der Waals surface area contributed by atoms with E-state index in [1.165, 1.54) is 4.90 Å². The molecule has 2 amide bonds. The first-order valence-corrected chi connectivity index (χ1v) is 8.93. The van der Waals surface area contributed by atoms with Crippen molar-refractivity contribution in [3.05, 3.63) is 35.9 Å². The number of aliphatic imine (C=N–C) groups is 1. The van der Waals surface area contributed by atoms with Crippen LogP contribution in [-0.2, 0) is 9.59 Å². The fourth-order valence-electron chi connectivity index (χ4n) is 2.77. The summed E-state index contributed by atoms with van der Waals surface area (Å²) in [6, 6.07) is 10.2. The zero-order chi connectivity index (χ0) is 19.1. The molecule has 7 nitrogen and oxygen atoms in total. The normalized spacial score (nSPS) is 19.1. The third kappa shape index (κ3) is 5.75. The Morgan fingerprint density at radius 2 is 2.04 bits per heavy atom. The number of guanidine groups is 1. The van der Waals surface area contributed by atoms with Crippen molar-refractivity contribution < 1.29 is 9.59 Å². The Morgan fingerprint density at radius 1 is 1.35 bits per heavy atom. The van der Waals surface area contributed by atoms with Gasteiger partial charge in [0.25, 0.3) is 0 Å². The molecular weight excluding hydrogens is 330 g/mol. The lowest BCUT2D eigenvalue weighted by Gasteiger charge is -2.32. The number of likely N-dealkylation sites (tertiary alicyclic amines) is 1. The zero-order valence-corrected chi connectivity index (χ0v) is 16.0. The minimum Gasteiger partial charge on any atom is -0.352 e. The van der Waals surface area contributed by atoms with Gasteiger partial charge < -0.3 is 20.4 Å². The van der Waals surface area contributed by atoms with E-state index in [0.717, 1.165) is 12.0 Å². The molecular formula is C19H29N5O2. The van der Waals surface area contributed by atoms with Gasteiger partial charge in [-0.15, -0.1) is 0 Å². The number of benzene rings is 1. The van der Waals surface area contributed by atoms with Gasteiger partial charge in [0.2, 0.25) is 11.8 Å². The smallest absolute Gasteiger partial charge is 0.243 e. The first kappa shape index (κ1) is 19.8. The molecule has 2 rings (SSSR count). The molecule has 0 spiro atoms. The molecule has 0 saturated carbocycles. The summed E-state index contributed by atoms with van der Waals surface area (Å²) in [6.07, 6.45) is 1.28. The number of hydrogen-bond acceptors (Lipinski definition) is 3. The first-order chi connectivity index (χ1) is 12.4. The molecule has 26 heavy (non-hydrogen) atoms. The van der Waals surface area contributed by atoms with Gasteiger partial charge in [-0.1, -0.05) is 30.3 Å². The van der Waals surface area contributed by atoms with Crippen LogP contribution in [0.4, 0.5) is 0 Å². The van der Waals surface area contributed by atoms with Crippen LogP contribution in [0.15, 0.2) is 35.3 Å². The summed E-state index contributed by atoms with van der Waals surface area (Å²) in [5.74, 6) is 0.689. The predicted octanol–water partition coefficient (Wildman–Crippen LogP) is 0.992. The van der Waals surface area contributed by atoms with Crippen LogP contribution in [0.3, 0.4) is 0 Å². The van der Waals surface area contributed by atoms with Crippen molar-refractivity contribution in [2.75, 3.05) is 34.2 Å². The number of amides is 2. The van der Waals surface area contributed by atoms with E-state index in [-0.39, 0.29) is 30.4 Å². The highest BCUT2D eigenvalue weighted by Crippen LogP contribution is 2.12. The van der Waals surface area contributed by atoms with Crippen LogP contribution >= 0.6 is 0 Å². The number of carbonyl (C=O) groups excluding carboxylic acids is 2. The van der Waals surface area contributed by atoms with E-state index in [0.29, 0.717) is 18.9 Å². The van der Waals surface area contributed by atoms with Crippen molar-refractivity contribution in [2.45, 2.75) is 31.8 Å². The predicted molar refractivity (Wildman–Crippen MR) is 103 cm³/mol. The molecule has 142 valence electrons. The topological polar surface area (TPSA) is 77.0 Å².